The van der Waals surface area contributed by atoms with Gasteiger partial charge in [-0.2, -0.15) is 0 Å². The van der Waals surface area contributed by atoms with Gasteiger partial charge in [0, 0.05) is 26.3 Å². The number of hydrogen-bond donors (Lipinski definition) is 2. The van der Waals surface area contributed by atoms with Crippen molar-refractivity contribution in [2.45, 2.75) is 46.1 Å². The number of methoxy groups -OCH3 is 1. The third-order valence-corrected chi connectivity index (χ3v) is 4.21. The molecule has 0 saturated heterocycles. The Hall–Kier alpha value is -1.36. The lowest BCUT2D eigenvalue weighted by atomic mass is 9.67. The molecule has 0 aromatic carbocycles. The maximum atomic E-state index is 5.13. The van der Waals surface area contributed by atoms with Crippen molar-refractivity contribution in [1.29, 1.82) is 0 Å². The first-order chi connectivity index (χ1) is 9.71. The standard InChI is InChI=1S/C15H26N4O/c1-4-15(7-6-8-15)11-17-13-9-12(16-5-2)18-14(19-13)10-20-3/h9H,4-8,10-11H2,1-3H3,(H2,16,17,18,19). The quantitative estimate of drug-likeness (QED) is 0.765. The number of ether oxygens (including phenoxy) is 1. The van der Waals surface area contributed by atoms with Crippen molar-refractivity contribution in [3.05, 3.63) is 11.9 Å². The smallest absolute Gasteiger partial charge is 0.158 e. The van der Waals surface area contributed by atoms with E-state index in [2.05, 4.69) is 34.4 Å². The van der Waals surface area contributed by atoms with E-state index in [4.69, 9.17) is 4.74 Å². The molecule has 0 spiro atoms. The molecule has 5 nitrogen and oxygen atoms in total. The number of hydrogen-bond acceptors (Lipinski definition) is 5. The van der Waals surface area contributed by atoms with Crippen molar-refractivity contribution in [2.24, 2.45) is 5.41 Å². The zero-order chi connectivity index (χ0) is 14.4. The lowest BCUT2D eigenvalue weighted by molar-refractivity contribution is 0.145. The number of rotatable bonds is 8. The van der Waals surface area contributed by atoms with E-state index < -0.39 is 0 Å². The van der Waals surface area contributed by atoms with Crippen LogP contribution in [0.5, 0.6) is 0 Å². The Morgan fingerprint density at radius 2 is 1.90 bits per heavy atom. The van der Waals surface area contributed by atoms with E-state index >= 15 is 0 Å². The van der Waals surface area contributed by atoms with Crippen molar-refractivity contribution >= 4 is 11.6 Å². The summed E-state index contributed by atoms with van der Waals surface area (Å²) in [5, 5.41) is 6.73. The van der Waals surface area contributed by atoms with Gasteiger partial charge in [0.25, 0.3) is 0 Å². The zero-order valence-corrected chi connectivity index (χ0v) is 12.8. The minimum Gasteiger partial charge on any atom is -0.377 e. The molecule has 5 heteroatoms. The van der Waals surface area contributed by atoms with Gasteiger partial charge in [-0.1, -0.05) is 13.3 Å². The fourth-order valence-corrected chi connectivity index (χ4v) is 2.66. The minimum absolute atomic E-state index is 0.437. The van der Waals surface area contributed by atoms with Crippen LogP contribution in [0.3, 0.4) is 0 Å². The molecule has 1 aromatic heterocycles. The molecule has 1 fully saturated rings. The second kappa shape index (κ2) is 6.88. The van der Waals surface area contributed by atoms with E-state index in [1.807, 2.05) is 6.07 Å². The highest BCUT2D eigenvalue weighted by Crippen LogP contribution is 2.43. The average molecular weight is 278 g/mol. The van der Waals surface area contributed by atoms with Gasteiger partial charge in [-0.25, -0.2) is 9.97 Å². The highest BCUT2D eigenvalue weighted by molar-refractivity contribution is 5.47. The van der Waals surface area contributed by atoms with Crippen LogP contribution >= 0.6 is 0 Å². The van der Waals surface area contributed by atoms with Crippen molar-refractivity contribution in [3.63, 3.8) is 0 Å². The Labute approximate surface area is 121 Å². The summed E-state index contributed by atoms with van der Waals surface area (Å²) in [6.07, 6.45) is 5.24. The minimum atomic E-state index is 0.437. The third kappa shape index (κ3) is 3.60. The van der Waals surface area contributed by atoms with Crippen LogP contribution in [0.25, 0.3) is 0 Å². The monoisotopic (exact) mass is 278 g/mol. The largest absolute Gasteiger partial charge is 0.377 e. The van der Waals surface area contributed by atoms with Gasteiger partial charge >= 0.3 is 0 Å². The summed E-state index contributed by atoms with van der Waals surface area (Å²) in [4.78, 5) is 8.94. The van der Waals surface area contributed by atoms with Crippen LogP contribution in [0, 0.1) is 5.41 Å². The lowest BCUT2D eigenvalue weighted by Crippen LogP contribution is -2.36. The van der Waals surface area contributed by atoms with E-state index in [-0.39, 0.29) is 0 Å². The van der Waals surface area contributed by atoms with Gasteiger partial charge in [-0.05, 0) is 31.6 Å². The molecule has 1 aromatic rings. The normalized spacial score (nSPS) is 16.6. The molecule has 112 valence electrons. The van der Waals surface area contributed by atoms with Gasteiger partial charge in [0.1, 0.15) is 18.2 Å². The Morgan fingerprint density at radius 1 is 1.20 bits per heavy atom. The van der Waals surface area contributed by atoms with E-state index in [9.17, 15) is 0 Å². The van der Waals surface area contributed by atoms with Crippen LogP contribution in [0.15, 0.2) is 6.07 Å². The molecule has 1 heterocycles. The molecular weight excluding hydrogens is 252 g/mol. The average Bonchev–Trinajstić information content (AvgIpc) is 2.38. The van der Waals surface area contributed by atoms with E-state index in [1.54, 1.807) is 7.11 Å². The molecule has 0 aliphatic heterocycles. The number of aromatic nitrogens is 2. The summed E-state index contributed by atoms with van der Waals surface area (Å²) < 4.78 is 5.13. The van der Waals surface area contributed by atoms with Gasteiger partial charge in [0.2, 0.25) is 0 Å². The van der Waals surface area contributed by atoms with E-state index in [1.165, 1.54) is 25.7 Å². The van der Waals surface area contributed by atoms with Crippen molar-refractivity contribution in [3.8, 4) is 0 Å². The zero-order valence-electron chi connectivity index (χ0n) is 12.8. The van der Waals surface area contributed by atoms with E-state index in [0.29, 0.717) is 17.8 Å². The number of anilines is 2. The Kier molecular flexibility index (Phi) is 5.17. The van der Waals surface area contributed by atoms with Gasteiger partial charge in [0.15, 0.2) is 5.82 Å². The van der Waals surface area contributed by atoms with Crippen LogP contribution in [-0.2, 0) is 11.3 Å². The molecule has 0 unspecified atom stereocenters. The van der Waals surface area contributed by atoms with Crippen LogP contribution in [0.4, 0.5) is 11.6 Å². The first-order valence-electron chi connectivity index (χ1n) is 7.56. The summed E-state index contributed by atoms with van der Waals surface area (Å²) in [6, 6.07) is 1.98. The molecule has 2 N–H and O–H groups in total. The fraction of sp³-hybridized carbons (Fsp3) is 0.733. The maximum Gasteiger partial charge on any atom is 0.158 e. The van der Waals surface area contributed by atoms with Gasteiger partial charge in [0.05, 0.1) is 0 Å². The topological polar surface area (TPSA) is 59.1 Å². The lowest BCUT2D eigenvalue weighted by Gasteiger charge is -2.41. The Bertz CT molecular complexity index is 402. The fourth-order valence-electron chi connectivity index (χ4n) is 2.66. The second-order valence-electron chi connectivity index (χ2n) is 5.58. The van der Waals surface area contributed by atoms with Crippen LogP contribution in [0.2, 0.25) is 0 Å². The Morgan fingerprint density at radius 3 is 2.40 bits per heavy atom. The van der Waals surface area contributed by atoms with E-state index in [0.717, 1.165) is 24.7 Å². The predicted molar refractivity (Wildman–Crippen MR) is 82.0 cm³/mol. The molecule has 0 bridgehead atoms. The summed E-state index contributed by atoms with van der Waals surface area (Å²) in [7, 11) is 1.66. The summed E-state index contributed by atoms with van der Waals surface area (Å²) in [6.45, 7) is 6.62. The first kappa shape index (κ1) is 15.0. The van der Waals surface area contributed by atoms with Crippen LogP contribution < -0.4 is 10.6 Å². The second-order valence-corrected chi connectivity index (χ2v) is 5.58. The van der Waals surface area contributed by atoms with Crippen LogP contribution in [0.1, 0.15) is 45.4 Å². The first-order valence-corrected chi connectivity index (χ1v) is 7.56. The molecule has 0 radical (unpaired) electrons. The summed E-state index contributed by atoms with van der Waals surface area (Å²) >= 11 is 0. The molecule has 2 rings (SSSR count). The van der Waals surface area contributed by atoms with Crippen molar-refractivity contribution < 1.29 is 4.74 Å². The third-order valence-electron chi connectivity index (χ3n) is 4.21. The number of nitrogens with zero attached hydrogens (tertiary/aromatic N) is 2. The number of nitrogens with one attached hydrogen (secondary N) is 2. The predicted octanol–water partition coefficient (Wildman–Crippen LogP) is 3.05. The van der Waals surface area contributed by atoms with Crippen molar-refractivity contribution in [1.82, 2.24) is 9.97 Å². The maximum absolute atomic E-state index is 5.13. The van der Waals surface area contributed by atoms with Crippen LogP contribution in [-0.4, -0.2) is 30.2 Å². The highest BCUT2D eigenvalue weighted by Gasteiger charge is 2.34. The van der Waals surface area contributed by atoms with Gasteiger partial charge in [-0.3, -0.25) is 0 Å². The molecule has 1 aliphatic rings. The summed E-state index contributed by atoms with van der Waals surface area (Å²) in [5.41, 5.74) is 0.477. The Balaban J connectivity index is 2.05. The SMILES string of the molecule is CCNc1cc(NCC2(CC)CCC2)nc(COC)n1. The highest BCUT2D eigenvalue weighted by atomic mass is 16.5. The molecule has 20 heavy (non-hydrogen) atoms. The summed E-state index contributed by atoms with van der Waals surface area (Å²) in [5.74, 6) is 2.46. The van der Waals surface area contributed by atoms with Gasteiger partial charge in [-0.15, -0.1) is 0 Å². The molecule has 0 amide bonds. The molecule has 0 atom stereocenters. The molecule has 1 saturated carbocycles. The van der Waals surface area contributed by atoms with Crippen molar-refractivity contribution in [2.75, 3.05) is 30.8 Å². The molecular formula is C15H26N4O. The van der Waals surface area contributed by atoms with Gasteiger partial charge < -0.3 is 15.4 Å². The molecule has 1 aliphatic carbocycles.